The third-order valence-corrected chi connectivity index (χ3v) is 3.93. The molecule has 0 unspecified atom stereocenters. The fourth-order valence-electron chi connectivity index (χ4n) is 2.34. The van der Waals surface area contributed by atoms with Gasteiger partial charge in [-0.2, -0.15) is 0 Å². The van der Waals surface area contributed by atoms with Gasteiger partial charge >= 0.3 is 0 Å². The largest absolute Gasteiger partial charge is 0.324 e. The highest BCUT2D eigenvalue weighted by atomic mass is 35.5. The highest BCUT2D eigenvalue weighted by Crippen LogP contribution is 2.20. The van der Waals surface area contributed by atoms with E-state index in [1.165, 1.54) is 0 Å². The van der Waals surface area contributed by atoms with Gasteiger partial charge in [-0.1, -0.05) is 54.9 Å². The molecule has 0 radical (unpaired) electrons. The molecule has 0 aliphatic carbocycles. The first kappa shape index (κ1) is 16.5. The monoisotopic (exact) mass is 316 g/mol. The van der Waals surface area contributed by atoms with E-state index < -0.39 is 0 Å². The SMILES string of the molecule is CCc1cccc(C)c1NC(=O)CNCc1ccccc1Cl. The Morgan fingerprint density at radius 1 is 1.09 bits per heavy atom. The van der Waals surface area contributed by atoms with Crippen LogP contribution in [0, 0.1) is 6.92 Å². The van der Waals surface area contributed by atoms with Crippen LogP contribution >= 0.6 is 11.6 Å². The molecule has 22 heavy (non-hydrogen) atoms. The number of amides is 1. The highest BCUT2D eigenvalue weighted by Gasteiger charge is 2.08. The first-order chi connectivity index (χ1) is 10.6. The van der Waals surface area contributed by atoms with Gasteiger partial charge in [0.2, 0.25) is 5.91 Å². The first-order valence-electron chi connectivity index (χ1n) is 7.44. The number of nitrogens with one attached hydrogen (secondary N) is 2. The lowest BCUT2D eigenvalue weighted by Crippen LogP contribution is -2.28. The quantitative estimate of drug-likeness (QED) is 0.847. The summed E-state index contributed by atoms with van der Waals surface area (Å²) in [5.74, 6) is -0.0453. The van der Waals surface area contributed by atoms with E-state index in [4.69, 9.17) is 11.6 Å². The van der Waals surface area contributed by atoms with Gasteiger partial charge in [-0.25, -0.2) is 0 Å². The lowest BCUT2D eigenvalue weighted by atomic mass is 10.1. The number of hydrogen-bond acceptors (Lipinski definition) is 2. The van der Waals surface area contributed by atoms with Crippen molar-refractivity contribution in [3.8, 4) is 0 Å². The van der Waals surface area contributed by atoms with E-state index in [0.29, 0.717) is 11.6 Å². The summed E-state index contributed by atoms with van der Waals surface area (Å²) in [5, 5.41) is 6.83. The summed E-state index contributed by atoms with van der Waals surface area (Å²) < 4.78 is 0. The maximum atomic E-state index is 12.1. The van der Waals surface area contributed by atoms with Gasteiger partial charge < -0.3 is 10.6 Å². The minimum atomic E-state index is -0.0453. The molecule has 0 saturated heterocycles. The van der Waals surface area contributed by atoms with E-state index in [-0.39, 0.29) is 12.5 Å². The van der Waals surface area contributed by atoms with E-state index in [1.807, 2.05) is 49.4 Å². The number of carbonyl (C=O) groups is 1. The van der Waals surface area contributed by atoms with E-state index in [9.17, 15) is 4.79 Å². The minimum absolute atomic E-state index is 0.0453. The Morgan fingerprint density at radius 2 is 1.82 bits per heavy atom. The second-order valence-corrected chi connectivity index (χ2v) is 5.61. The number of rotatable bonds is 6. The van der Waals surface area contributed by atoms with E-state index >= 15 is 0 Å². The Morgan fingerprint density at radius 3 is 2.55 bits per heavy atom. The zero-order valence-corrected chi connectivity index (χ0v) is 13.7. The molecule has 2 N–H and O–H groups in total. The Balaban J connectivity index is 1.90. The molecule has 3 nitrogen and oxygen atoms in total. The molecule has 0 fully saturated rings. The second kappa shape index (κ2) is 7.97. The van der Waals surface area contributed by atoms with E-state index in [2.05, 4.69) is 17.6 Å². The Hall–Kier alpha value is -1.84. The van der Waals surface area contributed by atoms with Gasteiger partial charge in [0.15, 0.2) is 0 Å². The Kier molecular flexibility index (Phi) is 5.99. The fraction of sp³-hybridized carbons (Fsp3) is 0.278. The third kappa shape index (κ3) is 4.33. The number of benzene rings is 2. The summed E-state index contributed by atoms with van der Waals surface area (Å²) in [4.78, 5) is 12.1. The lowest BCUT2D eigenvalue weighted by Gasteiger charge is -2.13. The van der Waals surface area contributed by atoms with Crippen LogP contribution in [0.3, 0.4) is 0 Å². The summed E-state index contributed by atoms with van der Waals surface area (Å²) in [7, 11) is 0. The van der Waals surface area contributed by atoms with Gasteiger partial charge in [0.05, 0.1) is 6.54 Å². The Bertz CT molecular complexity index is 655. The number of halogens is 1. The molecule has 116 valence electrons. The molecule has 2 rings (SSSR count). The zero-order chi connectivity index (χ0) is 15.9. The average molecular weight is 317 g/mol. The van der Waals surface area contributed by atoms with Crippen molar-refractivity contribution in [2.45, 2.75) is 26.8 Å². The van der Waals surface area contributed by atoms with Gasteiger partial charge in [0.1, 0.15) is 0 Å². The molecule has 1 amide bonds. The summed E-state index contributed by atoms with van der Waals surface area (Å²) in [5.41, 5.74) is 4.15. The molecule has 0 heterocycles. The van der Waals surface area contributed by atoms with Gasteiger partial charge in [0.25, 0.3) is 0 Å². The van der Waals surface area contributed by atoms with Gasteiger partial charge in [-0.3, -0.25) is 4.79 Å². The van der Waals surface area contributed by atoms with Crippen LogP contribution in [-0.2, 0) is 17.8 Å². The van der Waals surface area contributed by atoms with Crippen molar-refractivity contribution >= 4 is 23.2 Å². The predicted molar refractivity (Wildman–Crippen MR) is 92.3 cm³/mol. The molecule has 0 atom stereocenters. The van der Waals surface area contributed by atoms with Crippen molar-refractivity contribution in [1.29, 1.82) is 0 Å². The molecule has 0 aromatic heterocycles. The molecule has 0 aliphatic rings. The van der Waals surface area contributed by atoms with Crippen molar-refractivity contribution in [1.82, 2.24) is 5.32 Å². The summed E-state index contributed by atoms with van der Waals surface area (Å²) >= 11 is 6.09. The van der Waals surface area contributed by atoms with Crippen molar-refractivity contribution < 1.29 is 4.79 Å². The lowest BCUT2D eigenvalue weighted by molar-refractivity contribution is -0.115. The van der Waals surface area contributed by atoms with Crippen molar-refractivity contribution in [3.63, 3.8) is 0 Å². The van der Waals surface area contributed by atoms with Gasteiger partial charge in [0, 0.05) is 17.3 Å². The molecule has 4 heteroatoms. The highest BCUT2D eigenvalue weighted by molar-refractivity contribution is 6.31. The first-order valence-corrected chi connectivity index (χ1v) is 7.82. The normalized spacial score (nSPS) is 10.5. The van der Waals surface area contributed by atoms with Crippen LogP contribution in [0.1, 0.15) is 23.6 Å². The van der Waals surface area contributed by atoms with Crippen molar-refractivity contribution in [3.05, 3.63) is 64.2 Å². The van der Waals surface area contributed by atoms with Crippen LogP contribution in [0.25, 0.3) is 0 Å². The van der Waals surface area contributed by atoms with Gasteiger partial charge in [-0.05, 0) is 36.1 Å². The zero-order valence-electron chi connectivity index (χ0n) is 12.9. The average Bonchev–Trinajstić information content (AvgIpc) is 2.51. The molecule has 2 aromatic carbocycles. The number of aryl methyl sites for hydroxylation is 2. The number of para-hydroxylation sites is 1. The van der Waals surface area contributed by atoms with Crippen LogP contribution in [0.4, 0.5) is 5.69 Å². The minimum Gasteiger partial charge on any atom is -0.324 e. The summed E-state index contributed by atoms with van der Waals surface area (Å²) in [6, 6.07) is 13.7. The van der Waals surface area contributed by atoms with Crippen LogP contribution < -0.4 is 10.6 Å². The van der Waals surface area contributed by atoms with E-state index in [0.717, 1.165) is 28.8 Å². The molecular weight excluding hydrogens is 296 g/mol. The van der Waals surface area contributed by atoms with Crippen LogP contribution in [0.15, 0.2) is 42.5 Å². The maximum absolute atomic E-state index is 12.1. The molecule has 2 aromatic rings. The van der Waals surface area contributed by atoms with Crippen LogP contribution in [-0.4, -0.2) is 12.5 Å². The maximum Gasteiger partial charge on any atom is 0.238 e. The smallest absolute Gasteiger partial charge is 0.238 e. The standard InChI is InChI=1S/C18H21ClN2O/c1-3-14-9-6-7-13(2)18(14)21-17(22)12-20-11-15-8-4-5-10-16(15)19/h4-10,20H,3,11-12H2,1-2H3,(H,21,22). The molecule has 0 aliphatic heterocycles. The predicted octanol–water partition coefficient (Wildman–Crippen LogP) is 3.94. The van der Waals surface area contributed by atoms with E-state index in [1.54, 1.807) is 0 Å². The fourth-order valence-corrected chi connectivity index (χ4v) is 2.54. The number of carbonyl (C=O) groups excluding carboxylic acids is 1. The summed E-state index contributed by atoms with van der Waals surface area (Å²) in [6.07, 6.45) is 0.893. The van der Waals surface area contributed by atoms with Crippen LogP contribution in [0.5, 0.6) is 0 Å². The number of hydrogen-bond donors (Lipinski definition) is 2. The molecule has 0 saturated carbocycles. The molecule has 0 bridgehead atoms. The topological polar surface area (TPSA) is 41.1 Å². The van der Waals surface area contributed by atoms with Gasteiger partial charge in [-0.15, -0.1) is 0 Å². The second-order valence-electron chi connectivity index (χ2n) is 5.21. The van der Waals surface area contributed by atoms with Crippen LogP contribution in [0.2, 0.25) is 5.02 Å². The van der Waals surface area contributed by atoms with Crippen molar-refractivity contribution in [2.75, 3.05) is 11.9 Å². The molecule has 0 spiro atoms. The molecular formula is C18H21ClN2O. The third-order valence-electron chi connectivity index (χ3n) is 3.56. The Labute approximate surface area is 136 Å². The van der Waals surface area contributed by atoms with Crippen molar-refractivity contribution in [2.24, 2.45) is 0 Å². The number of anilines is 1. The summed E-state index contributed by atoms with van der Waals surface area (Å²) in [6.45, 7) is 4.91.